The van der Waals surface area contributed by atoms with Crippen LogP contribution in [0.1, 0.15) is 5.56 Å². The lowest BCUT2D eigenvalue weighted by Gasteiger charge is -1.98. The summed E-state index contributed by atoms with van der Waals surface area (Å²) in [5.41, 5.74) is -2.07. The minimum absolute atomic E-state index is 0.392. The molecule has 2 rings (SSSR count). The van der Waals surface area contributed by atoms with Gasteiger partial charge in [0.1, 0.15) is 0 Å². The van der Waals surface area contributed by atoms with E-state index in [0.29, 0.717) is 6.42 Å². The lowest BCUT2D eigenvalue weighted by atomic mass is 9.98. The normalized spacial score (nSPS) is 18.7. The van der Waals surface area contributed by atoms with Crippen LogP contribution in [0, 0.1) is 62.1 Å². The molecular weight excluding hydrogens is 224 g/mol. The smallest absolute Gasteiger partial charge is 0.181 e. The van der Waals surface area contributed by atoms with Crippen molar-refractivity contribution in [2.45, 2.75) is 6.42 Å². The first kappa shape index (κ1) is 11.7. The van der Waals surface area contributed by atoms with Gasteiger partial charge in [0.05, 0.1) is 24.3 Å². The first-order valence-electron chi connectivity index (χ1n) is 5.39. The van der Waals surface area contributed by atoms with Crippen LogP contribution in [0.4, 0.5) is 0 Å². The first-order chi connectivity index (χ1) is 8.70. The summed E-state index contributed by atoms with van der Waals surface area (Å²) in [6, 6.07) is 16.7. The largest absolute Gasteiger partial charge is 0.196 e. The van der Waals surface area contributed by atoms with Gasteiger partial charge in [-0.05, 0) is 12.0 Å². The van der Waals surface area contributed by atoms with Gasteiger partial charge in [0.2, 0.25) is 0 Å². The second kappa shape index (κ2) is 3.89. The van der Waals surface area contributed by atoms with Crippen molar-refractivity contribution in [1.82, 2.24) is 0 Å². The molecule has 0 radical (unpaired) electrons. The van der Waals surface area contributed by atoms with Crippen molar-refractivity contribution >= 4 is 0 Å². The highest BCUT2D eigenvalue weighted by Gasteiger charge is 2.81. The van der Waals surface area contributed by atoms with E-state index in [9.17, 15) is 0 Å². The summed E-state index contributed by atoms with van der Waals surface area (Å²) in [5.74, 6) is -0.544. The molecule has 0 saturated heterocycles. The summed E-state index contributed by atoms with van der Waals surface area (Å²) in [6.45, 7) is 0. The maximum atomic E-state index is 9.13. The Hall–Kier alpha value is -2.82. The van der Waals surface area contributed by atoms with E-state index in [4.69, 9.17) is 21.0 Å². The van der Waals surface area contributed by atoms with E-state index in [2.05, 4.69) is 0 Å². The monoisotopic (exact) mass is 232 g/mol. The summed E-state index contributed by atoms with van der Waals surface area (Å²) >= 11 is 0. The van der Waals surface area contributed by atoms with Crippen LogP contribution in [0.2, 0.25) is 0 Å². The maximum Gasteiger partial charge on any atom is 0.181 e. The fourth-order valence-corrected chi connectivity index (χ4v) is 2.42. The number of hydrogen-bond acceptors (Lipinski definition) is 4. The lowest BCUT2D eigenvalue weighted by molar-refractivity contribution is 0.703. The molecule has 1 fully saturated rings. The average molecular weight is 232 g/mol. The third-order valence-corrected chi connectivity index (χ3v) is 3.57. The molecule has 84 valence electrons. The second-order valence-electron chi connectivity index (χ2n) is 4.31. The van der Waals surface area contributed by atoms with Crippen LogP contribution in [0.5, 0.6) is 0 Å². The summed E-state index contributed by atoms with van der Waals surface area (Å²) in [5, 5.41) is 36.5. The number of nitrogens with zero attached hydrogens (tertiary/aromatic N) is 4. The van der Waals surface area contributed by atoms with Crippen molar-refractivity contribution in [3.05, 3.63) is 35.9 Å². The van der Waals surface area contributed by atoms with E-state index in [1.165, 1.54) is 0 Å². The Kier molecular flexibility index (Phi) is 2.52. The summed E-state index contributed by atoms with van der Waals surface area (Å²) in [7, 11) is 0. The Balaban J connectivity index is 2.37. The van der Waals surface area contributed by atoms with Crippen molar-refractivity contribution in [3.8, 4) is 24.3 Å². The van der Waals surface area contributed by atoms with Gasteiger partial charge in [0.25, 0.3) is 0 Å². The number of nitriles is 4. The topological polar surface area (TPSA) is 95.2 Å². The molecule has 1 aromatic carbocycles. The fraction of sp³-hybridized carbons (Fsp3) is 0.286. The lowest BCUT2D eigenvalue weighted by Crippen LogP contribution is -2.05. The van der Waals surface area contributed by atoms with Gasteiger partial charge in [-0.3, -0.25) is 0 Å². The predicted molar refractivity (Wildman–Crippen MR) is 61.0 cm³/mol. The SMILES string of the molecule is N#CC1(C#N)C(Cc2ccccc2)C1(C#N)C#N. The predicted octanol–water partition coefficient (Wildman–Crippen LogP) is 1.93. The molecule has 0 heterocycles. The third-order valence-electron chi connectivity index (χ3n) is 3.57. The van der Waals surface area contributed by atoms with Crippen LogP contribution in [0.3, 0.4) is 0 Å². The molecule has 18 heavy (non-hydrogen) atoms. The molecule has 4 nitrogen and oxygen atoms in total. The Morgan fingerprint density at radius 2 is 1.28 bits per heavy atom. The Morgan fingerprint density at radius 3 is 1.67 bits per heavy atom. The summed E-state index contributed by atoms with van der Waals surface area (Å²) in [6.07, 6.45) is 0.392. The zero-order valence-electron chi connectivity index (χ0n) is 9.46. The van der Waals surface area contributed by atoms with Crippen molar-refractivity contribution in [3.63, 3.8) is 0 Å². The zero-order valence-corrected chi connectivity index (χ0v) is 9.46. The first-order valence-corrected chi connectivity index (χ1v) is 5.39. The second-order valence-corrected chi connectivity index (χ2v) is 4.31. The van der Waals surface area contributed by atoms with E-state index in [0.717, 1.165) is 5.56 Å². The van der Waals surface area contributed by atoms with Crippen molar-refractivity contribution in [1.29, 1.82) is 21.0 Å². The van der Waals surface area contributed by atoms with Crippen LogP contribution >= 0.6 is 0 Å². The number of hydrogen-bond donors (Lipinski definition) is 0. The van der Waals surface area contributed by atoms with E-state index >= 15 is 0 Å². The van der Waals surface area contributed by atoms with E-state index in [1.54, 1.807) is 0 Å². The highest BCUT2D eigenvalue weighted by Crippen LogP contribution is 2.69. The molecule has 4 heteroatoms. The molecule has 1 aromatic rings. The number of benzene rings is 1. The standard InChI is InChI=1S/C14H8N4/c15-7-13(8-16)12(14(13,9-17)10-18)6-11-4-2-1-3-5-11/h1-5,12H,6H2. The van der Waals surface area contributed by atoms with Crippen molar-refractivity contribution < 1.29 is 0 Å². The van der Waals surface area contributed by atoms with Gasteiger partial charge in [-0.25, -0.2) is 0 Å². The highest BCUT2D eigenvalue weighted by molar-refractivity contribution is 5.51. The molecule has 1 aliphatic rings. The summed E-state index contributed by atoms with van der Waals surface area (Å²) in [4.78, 5) is 0. The Labute approximate surface area is 105 Å². The van der Waals surface area contributed by atoms with Crippen LogP contribution in [0.25, 0.3) is 0 Å². The molecule has 0 bridgehead atoms. The fourth-order valence-electron chi connectivity index (χ4n) is 2.42. The van der Waals surface area contributed by atoms with Gasteiger partial charge in [0.15, 0.2) is 10.8 Å². The molecule has 0 spiro atoms. The molecule has 0 atom stereocenters. The molecule has 1 saturated carbocycles. The van der Waals surface area contributed by atoms with Crippen molar-refractivity contribution in [2.75, 3.05) is 0 Å². The minimum Gasteiger partial charge on any atom is -0.196 e. The maximum absolute atomic E-state index is 9.13. The van der Waals surface area contributed by atoms with Gasteiger partial charge >= 0.3 is 0 Å². The van der Waals surface area contributed by atoms with Gasteiger partial charge in [0, 0.05) is 5.92 Å². The van der Waals surface area contributed by atoms with Crippen LogP contribution in [-0.4, -0.2) is 0 Å². The molecule has 0 unspecified atom stereocenters. The average Bonchev–Trinajstić information content (AvgIpc) is 3.01. The van der Waals surface area contributed by atoms with E-state index in [-0.39, 0.29) is 0 Å². The van der Waals surface area contributed by atoms with E-state index in [1.807, 2.05) is 54.6 Å². The van der Waals surface area contributed by atoms with Gasteiger partial charge in [-0.1, -0.05) is 30.3 Å². The number of rotatable bonds is 2. The quantitative estimate of drug-likeness (QED) is 0.778. The van der Waals surface area contributed by atoms with Gasteiger partial charge < -0.3 is 0 Å². The summed E-state index contributed by atoms with van der Waals surface area (Å²) < 4.78 is 0. The van der Waals surface area contributed by atoms with Crippen LogP contribution in [0.15, 0.2) is 30.3 Å². The Morgan fingerprint density at radius 1 is 0.833 bits per heavy atom. The molecular formula is C14H8N4. The highest BCUT2D eigenvalue weighted by atomic mass is 14.8. The Bertz CT molecular complexity index is 568. The van der Waals surface area contributed by atoms with Crippen LogP contribution < -0.4 is 0 Å². The third kappa shape index (κ3) is 1.21. The minimum atomic E-state index is -1.49. The van der Waals surface area contributed by atoms with Crippen LogP contribution in [-0.2, 0) is 6.42 Å². The zero-order chi connectivity index (χ0) is 13.2. The molecule has 0 amide bonds. The molecule has 0 N–H and O–H groups in total. The molecule has 0 aliphatic heterocycles. The van der Waals surface area contributed by atoms with E-state index < -0.39 is 16.7 Å². The van der Waals surface area contributed by atoms with Crippen molar-refractivity contribution in [2.24, 2.45) is 16.7 Å². The molecule has 0 aromatic heterocycles. The molecule has 1 aliphatic carbocycles. The van der Waals surface area contributed by atoms with Gasteiger partial charge in [-0.2, -0.15) is 21.0 Å². The van der Waals surface area contributed by atoms with Gasteiger partial charge in [-0.15, -0.1) is 0 Å².